The van der Waals surface area contributed by atoms with Gasteiger partial charge in [0.2, 0.25) is 0 Å². The van der Waals surface area contributed by atoms with Crippen LogP contribution in [0.3, 0.4) is 0 Å². The van der Waals surface area contributed by atoms with Gasteiger partial charge in [0.25, 0.3) is 0 Å². The van der Waals surface area contributed by atoms with Gasteiger partial charge < -0.3 is 15.3 Å². The number of rotatable bonds is 8. The number of nitrogens with one attached hydrogen (secondary N) is 1. The van der Waals surface area contributed by atoms with Crippen molar-refractivity contribution in [1.82, 2.24) is 10.2 Å². The van der Waals surface area contributed by atoms with E-state index in [0.29, 0.717) is 13.1 Å². The first kappa shape index (κ1) is 16.6. The first-order valence-electron chi connectivity index (χ1n) is 7.12. The highest BCUT2D eigenvalue weighted by Gasteiger charge is 2.23. The van der Waals surface area contributed by atoms with Crippen LogP contribution in [0.15, 0.2) is 35.0 Å². The number of hydrogen-bond donors (Lipinski definition) is 2. The lowest BCUT2D eigenvalue weighted by atomic mass is 10.0. The molecular formula is C16H24N2OS2. The molecule has 0 bridgehead atoms. The topological polar surface area (TPSA) is 35.5 Å². The number of aliphatic hydroxyl groups is 1. The molecule has 0 aliphatic heterocycles. The summed E-state index contributed by atoms with van der Waals surface area (Å²) < 4.78 is 0. The normalized spacial score (nSPS) is 16.0. The summed E-state index contributed by atoms with van der Waals surface area (Å²) in [5.74, 6) is 0. The molecule has 0 saturated heterocycles. The lowest BCUT2D eigenvalue weighted by Gasteiger charge is -2.29. The van der Waals surface area contributed by atoms with Crippen molar-refractivity contribution >= 4 is 22.7 Å². The van der Waals surface area contributed by atoms with Gasteiger partial charge in [-0.15, -0.1) is 22.7 Å². The molecule has 116 valence electrons. The average molecular weight is 325 g/mol. The van der Waals surface area contributed by atoms with Crippen molar-refractivity contribution in [3.05, 3.63) is 44.8 Å². The first-order chi connectivity index (χ1) is 9.96. The Hall–Kier alpha value is -0.720. The van der Waals surface area contributed by atoms with Crippen molar-refractivity contribution in [1.29, 1.82) is 0 Å². The van der Waals surface area contributed by atoms with E-state index in [2.05, 4.69) is 40.3 Å². The Bertz CT molecular complexity index is 506. The number of likely N-dealkylation sites (N-methyl/N-ethyl adjacent to an activating group) is 1. The Morgan fingerprint density at radius 1 is 1.24 bits per heavy atom. The molecule has 2 aromatic heterocycles. The van der Waals surface area contributed by atoms with Gasteiger partial charge in [-0.3, -0.25) is 0 Å². The molecule has 0 radical (unpaired) electrons. The van der Waals surface area contributed by atoms with E-state index in [-0.39, 0.29) is 6.04 Å². The number of hydrogen-bond acceptors (Lipinski definition) is 5. The van der Waals surface area contributed by atoms with Crippen molar-refractivity contribution in [2.75, 3.05) is 27.2 Å². The van der Waals surface area contributed by atoms with Crippen LogP contribution in [-0.4, -0.2) is 42.8 Å². The van der Waals surface area contributed by atoms with Crippen LogP contribution in [0, 0.1) is 0 Å². The minimum Gasteiger partial charge on any atom is -0.388 e. The highest BCUT2D eigenvalue weighted by atomic mass is 32.1. The molecule has 2 heterocycles. The predicted octanol–water partition coefficient (Wildman–Crippen LogP) is 3.00. The van der Waals surface area contributed by atoms with E-state index in [1.165, 1.54) is 9.75 Å². The zero-order valence-corrected chi connectivity index (χ0v) is 14.5. The van der Waals surface area contributed by atoms with Gasteiger partial charge >= 0.3 is 0 Å². The smallest absolute Gasteiger partial charge is 0.0869 e. The Morgan fingerprint density at radius 3 is 2.52 bits per heavy atom. The molecule has 0 fully saturated rings. The fraction of sp³-hybridized carbons (Fsp3) is 0.500. The summed E-state index contributed by atoms with van der Waals surface area (Å²) in [5, 5.41) is 18.2. The zero-order chi connectivity index (χ0) is 15.3. The van der Waals surface area contributed by atoms with Crippen LogP contribution in [0.2, 0.25) is 0 Å². The summed E-state index contributed by atoms with van der Waals surface area (Å²) in [6.07, 6.45) is 0.968. The van der Waals surface area contributed by atoms with Gasteiger partial charge in [0.15, 0.2) is 0 Å². The summed E-state index contributed by atoms with van der Waals surface area (Å²) in [6.45, 7) is 3.12. The van der Waals surface area contributed by atoms with E-state index in [0.717, 1.165) is 6.42 Å². The fourth-order valence-corrected chi connectivity index (χ4v) is 4.03. The number of thiophene rings is 2. The maximum absolute atomic E-state index is 10.5. The van der Waals surface area contributed by atoms with Gasteiger partial charge in [-0.2, -0.15) is 0 Å². The van der Waals surface area contributed by atoms with Crippen LogP contribution >= 0.6 is 22.7 Å². The summed E-state index contributed by atoms with van der Waals surface area (Å²) in [7, 11) is 3.97. The van der Waals surface area contributed by atoms with Crippen LogP contribution in [0.4, 0.5) is 0 Å². The number of nitrogens with zero attached hydrogens (tertiary/aromatic N) is 1. The third kappa shape index (κ3) is 5.52. The highest BCUT2D eigenvalue weighted by Crippen LogP contribution is 2.25. The molecule has 0 spiro atoms. The van der Waals surface area contributed by atoms with Crippen molar-refractivity contribution in [2.45, 2.75) is 25.0 Å². The largest absolute Gasteiger partial charge is 0.388 e. The quantitative estimate of drug-likeness (QED) is 0.783. The van der Waals surface area contributed by atoms with Gasteiger partial charge in [0, 0.05) is 35.3 Å². The van der Waals surface area contributed by atoms with Crippen LogP contribution in [0.1, 0.15) is 22.7 Å². The minimum atomic E-state index is -0.728. The van der Waals surface area contributed by atoms with Crippen LogP contribution < -0.4 is 5.32 Å². The SMILES string of the molecule is CN(C)CC(C)(O)CNC(Cc1cccs1)c1cccs1. The minimum absolute atomic E-state index is 0.261. The van der Waals surface area contributed by atoms with E-state index in [1.54, 1.807) is 22.7 Å². The fourth-order valence-electron chi connectivity index (χ4n) is 2.47. The predicted molar refractivity (Wildman–Crippen MR) is 92.3 cm³/mol. The Morgan fingerprint density at radius 2 is 1.95 bits per heavy atom. The van der Waals surface area contributed by atoms with Gasteiger partial charge in [0.1, 0.15) is 0 Å². The van der Waals surface area contributed by atoms with Gasteiger partial charge in [-0.25, -0.2) is 0 Å². The van der Waals surface area contributed by atoms with Gasteiger partial charge in [0.05, 0.1) is 5.60 Å². The van der Waals surface area contributed by atoms with Crippen LogP contribution in [0.5, 0.6) is 0 Å². The molecule has 2 unspecified atom stereocenters. The maximum Gasteiger partial charge on any atom is 0.0869 e. The van der Waals surface area contributed by atoms with Crippen LogP contribution in [0.25, 0.3) is 0 Å². The second kappa shape index (κ2) is 7.51. The second-order valence-corrected chi connectivity index (χ2v) is 7.98. The summed E-state index contributed by atoms with van der Waals surface area (Å²) >= 11 is 3.55. The standard InChI is InChI=1S/C16H24N2OS2/c1-16(19,12-18(2)3)11-17-14(15-7-5-9-21-15)10-13-6-4-8-20-13/h4-9,14,17,19H,10-12H2,1-3H3. The molecule has 2 rings (SSSR count). The molecular weight excluding hydrogens is 300 g/mol. The summed E-state index contributed by atoms with van der Waals surface area (Å²) in [5.41, 5.74) is -0.728. The molecule has 2 N–H and O–H groups in total. The van der Waals surface area contributed by atoms with E-state index in [9.17, 15) is 5.11 Å². The van der Waals surface area contributed by atoms with E-state index in [4.69, 9.17) is 0 Å². The lowest BCUT2D eigenvalue weighted by Crippen LogP contribution is -2.46. The summed E-state index contributed by atoms with van der Waals surface area (Å²) in [6, 6.07) is 8.77. The zero-order valence-electron chi connectivity index (χ0n) is 12.9. The van der Waals surface area contributed by atoms with E-state index < -0.39 is 5.60 Å². The molecule has 0 aliphatic carbocycles. The Kier molecular flexibility index (Phi) is 5.96. The molecule has 0 aromatic carbocycles. The van der Waals surface area contributed by atoms with Crippen molar-refractivity contribution in [3.63, 3.8) is 0 Å². The molecule has 3 nitrogen and oxygen atoms in total. The molecule has 0 amide bonds. The third-order valence-corrected chi connectivity index (χ3v) is 5.14. The second-order valence-electron chi connectivity index (χ2n) is 5.97. The lowest BCUT2D eigenvalue weighted by molar-refractivity contribution is 0.0314. The van der Waals surface area contributed by atoms with Gasteiger partial charge in [-0.05, 0) is 43.9 Å². The average Bonchev–Trinajstić information content (AvgIpc) is 3.05. The Labute approximate surface area is 135 Å². The molecule has 0 saturated carbocycles. The van der Waals surface area contributed by atoms with Crippen molar-refractivity contribution in [2.24, 2.45) is 0 Å². The molecule has 2 atom stereocenters. The summed E-state index contributed by atoms with van der Waals surface area (Å²) in [4.78, 5) is 4.71. The molecule has 21 heavy (non-hydrogen) atoms. The maximum atomic E-state index is 10.5. The first-order valence-corrected chi connectivity index (χ1v) is 8.88. The molecule has 0 aliphatic rings. The van der Waals surface area contributed by atoms with Crippen molar-refractivity contribution in [3.8, 4) is 0 Å². The van der Waals surface area contributed by atoms with E-state index >= 15 is 0 Å². The molecule has 5 heteroatoms. The van der Waals surface area contributed by atoms with Gasteiger partial charge in [-0.1, -0.05) is 12.1 Å². The van der Waals surface area contributed by atoms with Crippen molar-refractivity contribution < 1.29 is 5.11 Å². The Balaban J connectivity index is 2.00. The third-order valence-electron chi connectivity index (χ3n) is 3.26. The monoisotopic (exact) mass is 324 g/mol. The molecule has 2 aromatic rings. The highest BCUT2D eigenvalue weighted by molar-refractivity contribution is 7.10. The van der Waals surface area contributed by atoms with E-state index in [1.807, 2.05) is 25.9 Å². The van der Waals surface area contributed by atoms with Crippen LogP contribution in [-0.2, 0) is 6.42 Å².